The molecule has 0 aromatic heterocycles. The maximum Gasteiger partial charge on any atom is 0.259 e. The Labute approximate surface area is 127 Å². The molecule has 0 bridgehead atoms. The minimum absolute atomic E-state index is 0.0672. The van der Waals surface area contributed by atoms with Crippen LogP contribution in [0.1, 0.15) is 17.3 Å². The lowest BCUT2D eigenvalue weighted by Crippen LogP contribution is -2.51. The van der Waals surface area contributed by atoms with Crippen molar-refractivity contribution >= 4 is 11.8 Å². The molecule has 0 unspecified atom stereocenters. The summed E-state index contributed by atoms with van der Waals surface area (Å²) in [5, 5.41) is 2.71. The Morgan fingerprint density at radius 3 is 2.27 bits per heavy atom. The molecule has 2 rings (SSSR count). The third kappa shape index (κ3) is 3.79. The van der Waals surface area contributed by atoms with E-state index in [4.69, 9.17) is 0 Å². The fourth-order valence-electron chi connectivity index (χ4n) is 2.43. The van der Waals surface area contributed by atoms with E-state index in [-0.39, 0.29) is 12.5 Å². The van der Waals surface area contributed by atoms with Crippen molar-refractivity contribution in [3.63, 3.8) is 0 Å². The van der Waals surface area contributed by atoms with Crippen molar-refractivity contribution in [2.24, 2.45) is 0 Å². The first-order chi connectivity index (χ1) is 10.5. The molecule has 0 spiro atoms. The van der Waals surface area contributed by atoms with Gasteiger partial charge >= 0.3 is 0 Å². The van der Waals surface area contributed by atoms with Crippen molar-refractivity contribution in [2.45, 2.75) is 6.92 Å². The summed E-state index contributed by atoms with van der Waals surface area (Å²) >= 11 is 0. The second-order valence-corrected chi connectivity index (χ2v) is 5.12. The number of amides is 2. The van der Waals surface area contributed by atoms with E-state index in [1.807, 2.05) is 11.8 Å². The monoisotopic (exact) mass is 311 g/mol. The molecule has 1 N–H and O–H groups in total. The van der Waals surface area contributed by atoms with Crippen molar-refractivity contribution in [1.29, 1.82) is 0 Å². The number of carbonyl (C=O) groups is 2. The van der Waals surface area contributed by atoms with E-state index in [2.05, 4.69) is 5.32 Å². The summed E-state index contributed by atoms with van der Waals surface area (Å²) in [6, 6.07) is 3.37. The van der Waals surface area contributed by atoms with Gasteiger partial charge in [0.2, 0.25) is 5.91 Å². The largest absolute Gasteiger partial charge is 0.355 e. The van der Waals surface area contributed by atoms with E-state index in [1.54, 1.807) is 0 Å². The smallest absolute Gasteiger partial charge is 0.259 e. The molecule has 22 heavy (non-hydrogen) atoms. The zero-order valence-electron chi connectivity index (χ0n) is 12.4. The van der Waals surface area contributed by atoms with Crippen molar-refractivity contribution in [3.8, 4) is 0 Å². The Morgan fingerprint density at radius 2 is 1.73 bits per heavy atom. The third-order valence-corrected chi connectivity index (χ3v) is 3.58. The number of hydrogen-bond acceptors (Lipinski definition) is 3. The maximum atomic E-state index is 13.6. The van der Waals surface area contributed by atoms with Gasteiger partial charge in [0, 0.05) is 32.7 Å². The van der Waals surface area contributed by atoms with E-state index < -0.39 is 23.1 Å². The number of benzene rings is 1. The van der Waals surface area contributed by atoms with Crippen LogP contribution in [0, 0.1) is 11.6 Å². The topological polar surface area (TPSA) is 52.7 Å². The van der Waals surface area contributed by atoms with E-state index >= 15 is 0 Å². The zero-order valence-corrected chi connectivity index (χ0v) is 12.4. The third-order valence-electron chi connectivity index (χ3n) is 3.58. The van der Waals surface area contributed by atoms with Crippen molar-refractivity contribution in [3.05, 3.63) is 35.4 Å². The standard InChI is InChI=1S/C15H19F2N3O2/c1-2-18-13(21)10-19-6-8-20(9-7-19)15(22)14-11(16)4-3-5-12(14)17/h3-5H,2,6-10H2,1H3,(H,18,21). The fraction of sp³-hybridized carbons (Fsp3) is 0.467. The number of carbonyl (C=O) groups excluding carboxylic acids is 2. The van der Waals surface area contributed by atoms with Crippen molar-refractivity contribution in [1.82, 2.24) is 15.1 Å². The lowest BCUT2D eigenvalue weighted by molar-refractivity contribution is -0.122. The lowest BCUT2D eigenvalue weighted by atomic mass is 10.1. The highest BCUT2D eigenvalue weighted by atomic mass is 19.1. The van der Waals surface area contributed by atoms with Gasteiger partial charge in [0.25, 0.3) is 5.91 Å². The number of nitrogens with zero attached hydrogens (tertiary/aromatic N) is 2. The van der Waals surface area contributed by atoms with Crippen LogP contribution in [0.2, 0.25) is 0 Å². The van der Waals surface area contributed by atoms with Gasteiger partial charge in [0.1, 0.15) is 17.2 Å². The number of halogens is 2. The summed E-state index contributed by atoms with van der Waals surface area (Å²) in [6.07, 6.45) is 0. The molecule has 1 aliphatic heterocycles. The molecule has 1 fully saturated rings. The highest BCUT2D eigenvalue weighted by molar-refractivity contribution is 5.94. The molecule has 120 valence electrons. The van der Waals surface area contributed by atoms with E-state index in [0.29, 0.717) is 32.7 Å². The van der Waals surface area contributed by atoms with Gasteiger partial charge in [-0.15, -0.1) is 0 Å². The maximum absolute atomic E-state index is 13.6. The van der Waals surface area contributed by atoms with Gasteiger partial charge < -0.3 is 10.2 Å². The van der Waals surface area contributed by atoms with Gasteiger partial charge in [0.15, 0.2) is 0 Å². The van der Waals surface area contributed by atoms with Crippen LogP contribution in [0.3, 0.4) is 0 Å². The van der Waals surface area contributed by atoms with Gasteiger partial charge in [-0.2, -0.15) is 0 Å². The predicted octanol–water partition coefficient (Wildman–Crippen LogP) is 0.859. The average molecular weight is 311 g/mol. The Kier molecular flexibility index (Phi) is 5.43. The highest BCUT2D eigenvalue weighted by Gasteiger charge is 2.26. The molecule has 0 saturated carbocycles. The van der Waals surface area contributed by atoms with E-state index in [0.717, 1.165) is 12.1 Å². The Morgan fingerprint density at radius 1 is 1.14 bits per heavy atom. The van der Waals surface area contributed by atoms with Crippen LogP contribution in [0.5, 0.6) is 0 Å². The normalized spacial score (nSPS) is 15.7. The first kappa shape index (κ1) is 16.4. The van der Waals surface area contributed by atoms with Gasteiger partial charge in [-0.1, -0.05) is 6.07 Å². The van der Waals surface area contributed by atoms with Gasteiger partial charge in [-0.05, 0) is 19.1 Å². The molecule has 2 amide bonds. The molecular weight excluding hydrogens is 292 g/mol. The first-order valence-corrected chi connectivity index (χ1v) is 7.25. The molecule has 0 aliphatic carbocycles. The van der Waals surface area contributed by atoms with Crippen LogP contribution in [0.4, 0.5) is 8.78 Å². The summed E-state index contributed by atoms with van der Waals surface area (Å²) in [7, 11) is 0. The van der Waals surface area contributed by atoms with Crippen molar-refractivity contribution < 1.29 is 18.4 Å². The van der Waals surface area contributed by atoms with Gasteiger partial charge in [0.05, 0.1) is 6.54 Å². The van der Waals surface area contributed by atoms with Crippen LogP contribution in [-0.4, -0.2) is 60.9 Å². The molecule has 1 aromatic carbocycles. The molecule has 1 saturated heterocycles. The predicted molar refractivity (Wildman–Crippen MR) is 77.4 cm³/mol. The molecule has 1 aromatic rings. The summed E-state index contributed by atoms with van der Waals surface area (Å²) < 4.78 is 27.3. The van der Waals surface area contributed by atoms with Crippen molar-refractivity contribution in [2.75, 3.05) is 39.3 Å². The molecule has 5 nitrogen and oxygen atoms in total. The second-order valence-electron chi connectivity index (χ2n) is 5.12. The first-order valence-electron chi connectivity index (χ1n) is 7.25. The summed E-state index contributed by atoms with van der Waals surface area (Å²) in [6.45, 7) is 4.36. The zero-order chi connectivity index (χ0) is 16.1. The van der Waals surface area contributed by atoms with Crippen LogP contribution in [-0.2, 0) is 4.79 Å². The Bertz CT molecular complexity index is 537. The van der Waals surface area contributed by atoms with Crippen LogP contribution in [0.25, 0.3) is 0 Å². The summed E-state index contributed by atoms with van der Waals surface area (Å²) in [5.41, 5.74) is -0.514. The molecule has 0 radical (unpaired) electrons. The van der Waals surface area contributed by atoms with Gasteiger partial charge in [-0.25, -0.2) is 8.78 Å². The molecule has 1 heterocycles. The molecular formula is C15H19F2N3O2. The second kappa shape index (κ2) is 7.31. The lowest BCUT2D eigenvalue weighted by Gasteiger charge is -2.34. The summed E-state index contributed by atoms with van der Waals surface area (Å²) in [4.78, 5) is 27.0. The van der Waals surface area contributed by atoms with Crippen LogP contribution < -0.4 is 5.32 Å². The quantitative estimate of drug-likeness (QED) is 0.897. The Balaban J connectivity index is 1.94. The average Bonchev–Trinajstić information content (AvgIpc) is 2.48. The van der Waals surface area contributed by atoms with E-state index in [1.165, 1.54) is 11.0 Å². The minimum atomic E-state index is -0.852. The number of rotatable bonds is 4. The Hall–Kier alpha value is -2.02. The SMILES string of the molecule is CCNC(=O)CN1CCN(C(=O)c2c(F)cccc2F)CC1. The molecule has 1 aliphatic rings. The van der Waals surface area contributed by atoms with Gasteiger partial charge in [-0.3, -0.25) is 14.5 Å². The number of likely N-dealkylation sites (N-methyl/N-ethyl adjacent to an activating group) is 1. The highest BCUT2D eigenvalue weighted by Crippen LogP contribution is 2.16. The molecule has 7 heteroatoms. The fourth-order valence-corrected chi connectivity index (χ4v) is 2.43. The summed E-state index contributed by atoms with van der Waals surface area (Å²) in [5.74, 6) is -2.42. The van der Waals surface area contributed by atoms with E-state index in [9.17, 15) is 18.4 Å². The van der Waals surface area contributed by atoms with Crippen LogP contribution in [0.15, 0.2) is 18.2 Å². The molecule has 0 atom stereocenters. The number of hydrogen-bond donors (Lipinski definition) is 1. The van der Waals surface area contributed by atoms with Crippen LogP contribution >= 0.6 is 0 Å². The number of piperazine rings is 1. The minimum Gasteiger partial charge on any atom is -0.355 e. The number of nitrogens with one attached hydrogen (secondary N) is 1.